The summed E-state index contributed by atoms with van der Waals surface area (Å²) in [4.78, 5) is 21.9. The molecule has 3 aromatic carbocycles. The molecule has 0 saturated heterocycles. The van der Waals surface area contributed by atoms with Crippen LogP contribution >= 0.6 is 11.3 Å². The van der Waals surface area contributed by atoms with Crippen LogP contribution in [0.3, 0.4) is 0 Å². The van der Waals surface area contributed by atoms with E-state index in [9.17, 15) is 18.0 Å². The zero-order valence-electron chi connectivity index (χ0n) is 24.2. The van der Waals surface area contributed by atoms with Gasteiger partial charge in [0.2, 0.25) is 0 Å². The van der Waals surface area contributed by atoms with Crippen molar-refractivity contribution < 1.29 is 22.7 Å². The van der Waals surface area contributed by atoms with Crippen molar-refractivity contribution in [2.24, 2.45) is 4.99 Å². The number of alkyl halides is 3. The first-order chi connectivity index (χ1) is 21.1. The number of ether oxygens (including phenoxy) is 1. The van der Waals surface area contributed by atoms with E-state index in [0.717, 1.165) is 40.9 Å². The average Bonchev–Trinajstić information content (AvgIpc) is 3.61. The van der Waals surface area contributed by atoms with Gasteiger partial charge in [-0.05, 0) is 73.4 Å². The first kappa shape index (κ1) is 30.5. The van der Waals surface area contributed by atoms with Gasteiger partial charge in [-0.25, -0.2) is 14.5 Å². The Balaban J connectivity index is 1.24. The van der Waals surface area contributed by atoms with Crippen molar-refractivity contribution in [3.05, 3.63) is 112 Å². The Bertz CT molecular complexity index is 1850. The average molecular weight is 619 g/mol. The van der Waals surface area contributed by atoms with Crippen LogP contribution in [0.1, 0.15) is 35.7 Å². The summed E-state index contributed by atoms with van der Waals surface area (Å²) >= 11 is 1.42. The molecule has 0 spiro atoms. The number of hydrogen-bond acceptors (Lipinski definition) is 5. The maximum absolute atomic E-state index is 12.7. The summed E-state index contributed by atoms with van der Waals surface area (Å²) in [6.45, 7) is 6.20. The number of carbonyl (C=O) groups excluding carboxylic acids is 1. The van der Waals surface area contributed by atoms with E-state index in [1.54, 1.807) is 12.3 Å². The Labute approximate surface area is 255 Å². The molecule has 0 aliphatic rings. The summed E-state index contributed by atoms with van der Waals surface area (Å²) in [6.07, 6.45) is 1.96. The number of hydrogen-bond donors (Lipinski definition) is 1. The van der Waals surface area contributed by atoms with E-state index in [2.05, 4.69) is 50.3 Å². The smallest absolute Gasteiger partial charge is 0.406 e. The molecule has 2 aromatic heterocycles. The second-order valence-electron chi connectivity index (χ2n) is 9.95. The molecule has 0 bridgehead atoms. The molecule has 0 aliphatic heterocycles. The summed E-state index contributed by atoms with van der Waals surface area (Å²) in [5, 5.41) is 9.11. The van der Waals surface area contributed by atoms with Crippen LogP contribution in [0.2, 0.25) is 0 Å². The van der Waals surface area contributed by atoms with Crippen LogP contribution in [0.5, 0.6) is 5.75 Å². The van der Waals surface area contributed by atoms with Gasteiger partial charge in [0, 0.05) is 22.8 Å². The standard InChI is InChI=1S/C32H29F3N6O2S/c1-4-5-24-9-6-21(2)18-28(24)41-22(3)19-44-31(41)38-30(42)36-17-16-23-7-10-25(11-8-23)29-37-20-40(39-29)26-12-14-27(15-13-26)43-32(33,34)35/h6-20H,4-5H2,1-3H3,(H,36,42)/b17-16+,38-31-. The largest absolute Gasteiger partial charge is 0.573 e. The number of aromatic nitrogens is 4. The third-order valence-electron chi connectivity index (χ3n) is 6.56. The molecule has 1 N–H and O–H groups in total. The molecule has 8 nitrogen and oxygen atoms in total. The Hall–Kier alpha value is -4.97. The van der Waals surface area contributed by atoms with Crippen molar-refractivity contribution in [1.82, 2.24) is 24.6 Å². The summed E-state index contributed by atoms with van der Waals surface area (Å²) in [5.41, 5.74) is 6.50. The Morgan fingerprint density at radius 2 is 1.82 bits per heavy atom. The van der Waals surface area contributed by atoms with E-state index in [1.165, 1.54) is 52.2 Å². The molecule has 0 unspecified atom stereocenters. The van der Waals surface area contributed by atoms with E-state index >= 15 is 0 Å². The maximum atomic E-state index is 12.7. The molecule has 12 heteroatoms. The molecule has 44 heavy (non-hydrogen) atoms. The quantitative estimate of drug-likeness (QED) is 0.195. The van der Waals surface area contributed by atoms with Gasteiger partial charge in [0.05, 0.1) is 11.4 Å². The molecule has 0 atom stereocenters. The molecule has 0 saturated carbocycles. The molecule has 2 heterocycles. The van der Waals surface area contributed by atoms with Crippen molar-refractivity contribution in [1.29, 1.82) is 0 Å². The molecular weight excluding hydrogens is 589 g/mol. The fourth-order valence-electron chi connectivity index (χ4n) is 4.52. The monoisotopic (exact) mass is 618 g/mol. The minimum Gasteiger partial charge on any atom is -0.406 e. The number of aryl methyl sites for hydroxylation is 3. The second-order valence-corrected chi connectivity index (χ2v) is 10.8. The van der Waals surface area contributed by atoms with Crippen molar-refractivity contribution in [2.45, 2.75) is 40.0 Å². The number of thiazole rings is 1. The van der Waals surface area contributed by atoms with Crippen LogP contribution < -0.4 is 14.9 Å². The van der Waals surface area contributed by atoms with Crippen molar-refractivity contribution in [3.63, 3.8) is 0 Å². The lowest BCUT2D eigenvalue weighted by Gasteiger charge is -2.13. The number of amides is 2. The van der Waals surface area contributed by atoms with Crippen molar-refractivity contribution >= 4 is 23.4 Å². The predicted octanol–water partition coefficient (Wildman–Crippen LogP) is 7.54. The molecule has 0 radical (unpaired) electrons. The number of halogens is 3. The summed E-state index contributed by atoms with van der Waals surface area (Å²) in [5.74, 6) is 0.127. The van der Waals surface area contributed by atoms with Gasteiger partial charge >= 0.3 is 12.4 Å². The maximum Gasteiger partial charge on any atom is 0.573 e. The number of rotatable bonds is 8. The zero-order chi connectivity index (χ0) is 31.3. The third kappa shape index (κ3) is 7.51. The zero-order valence-corrected chi connectivity index (χ0v) is 25.0. The Kier molecular flexibility index (Phi) is 9.09. The summed E-state index contributed by atoms with van der Waals surface area (Å²) in [6, 6.07) is 18.6. The van der Waals surface area contributed by atoms with Crippen LogP contribution in [-0.4, -0.2) is 31.7 Å². The highest BCUT2D eigenvalue weighted by Crippen LogP contribution is 2.24. The SMILES string of the molecule is CCCc1ccc(C)cc1-n1c(C)cs/c1=N\C(=O)N/C=C/c1ccc(-c2ncn(-c3ccc(OC(F)(F)F)cc3)n2)cc1. The fourth-order valence-corrected chi connectivity index (χ4v) is 5.38. The van der Waals surface area contributed by atoms with Gasteiger partial charge in [-0.2, -0.15) is 4.99 Å². The number of benzene rings is 3. The van der Waals surface area contributed by atoms with Crippen LogP contribution in [-0.2, 0) is 6.42 Å². The van der Waals surface area contributed by atoms with E-state index in [4.69, 9.17) is 0 Å². The molecule has 0 fully saturated rings. The lowest BCUT2D eigenvalue weighted by atomic mass is 10.1. The number of carbonyl (C=O) groups is 1. The first-order valence-electron chi connectivity index (χ1n) is 13.8. The Morgan fingerprint density at radius 3 is 2.52 bits per heavy atom. The van der Waals surface area contributed by atoms with Gasteiger partial charge in [0.15, 0.2) is 10.6 Å². The predicted molar refractivity (Wildman–Crippen MR) is 164 cm³/mol. The van der Waals surface area contributed by atoms with Gasteiger partial charge in [-0.15, -0.1) is 29.6 Å². The number of urea groups is 1. The molecular formula is C32H29F3N6O2S. The van der Waals surface area contributed by atoms with E-state index < -0.39 is 12.4 Å². The number of nitrogens with zero attached hydrogens (tertiary/aromatic N) is 5. The van der Waals surface area contributed by atoms with Gasteiger partial charge in [-0.3, -0.25) is 4.57 Å². The Morgan fingerprint density at radius 1 is 1.07 bits per heavy atom. The third-order valence-corrected chi connectivity index (χ3v) is 7.50. The normalized spacial score (nSPS) is 12.2. The van der Waals surface area contributed by atoms with Gasteiger partial charge in [0.25, 0.3) is 0 Å². The highest BCUT2D eigenvalue weighted by molar-refractivity contribution is 7.07. The summed E-state index contributed by atoms with van der Waals surface area (Å²) < 4.78 is 44.6. The van der Waals surface area contributed by atoms with E-state index in [-0.39, 0.29) is 5.75 Å². The topological polar surface area (TPSA) is 86.3 Å². The molecule has 0 aliphatic carbocycles. The molecule has 2 amide bonds. The second kappa shape index (κ2) is 13.1. The molecule has 5 aromatic rings. The fraction of sp³-hybridized carbons (Fsp3) is 0.188. The van der Waals surface area contributed by atoms with Crippen LogP contribution in [0.4, 0.5) is 18.0 Å². The lowest BCUT2D eigenvalue weighted by Crippen LogP contribution is -2.21. The number of nitrogens with one attached hydrogen (secondary N) is 1. The van der Waals surface area contributed by atoms with Crippen molar-refractivity contribution in [3.8, 4) is 28.5 Å². The highest BCUT2D eigenvalue weighted by atomic mass is 32.1. The molecule has 226 valence electrons. The first-order valence-corrected chi connectivity index (χ1v) is 14.6. The van der Waals surface area contributed by atoms with Crippen LogP contribution in [0.25, 0.3) is 28.8 Å². The van der Waals surface area contributed by atoms with E-state index in [0.29, 0.717) is 16.3 Å². The van der Waals surface area contributed by atoms with Crippen LogP contribution in [0, 0.1) is 13.8 Å². The van der Waals surface area contributed by atoms with E-state index in [1.807, 2.05) is 48.1 Å². The lowest BCUT2D eigenvalue weighted by molar-refractivity contribution is -0.274. The summed E-state index contributed by atoms with van der Waals surface area (Å²) in [7, 11) is 0. The van der Waals surface area contributed by atoms with Gasteiger partial charge < -0.3 is 10.1 Å². The molecule has 5 rings (SSSR count). The highest BCUT2D eigenvalue weighted by Gasteiger charge is 2.31. The van der Waals surface area contributed by atoms with Crippen molar-refractivity contribution in [2.75, 3.05) is 0 Å². The van der Waals surface area contributed by atoms with Gasteiger partial charge in [0.1, 0.15) is 12.1 Å². The van der Waals surface area contributed by atoms with Gasteiger partial charge in [-0.1, -0.05) is 49.7 Å². The van der Waals surface area contributed by atoms with Crippen LogP contribution in [0.15, 0.2) is 89.6 Å². The minimum absolute atomic E-state index is 0.316. The minimum atomic E-state index is -4.75.